The van der Waals surface area contributed by atoms with Gasteiger partial charge >= 0.3 is 8.25 Å². The van der Waals surface area contributed by atoms with E-state index in [1.54, 1.807) is 17.4 Å². The summed E-state index contributed by atoms with van der Waals surface area (Å²) in [5.41, 5.74) is 8.53. The lowest BCUT2D eigenvalue weighted by Crippen LogP contribution is -2.39. The smallest absolute Gasteiger partial charge is 0.344 e. The average Bonchev–Trinajstić information content (AvgIpc) is 3.37. The van der Waals surface area contributed by atoms with Gasteiger partial charge in [0, 0.05) is 16.1 Å². The Morgan fingerprint density at radius 2 is 1.91 bits per heavy atom. The Balaban J connectivity index is 1.53. The number of hydrogen-bond donors (Lipinski definition) is 3. The van der Waals surface area contributed by atoms with Gasteiger partial charge in [-0.2, -0.15) is 4.67 Å². The molecule has 0 bridgehead atoms. The minimum Gasteiger partial charge on any atom is -0.493 e. The highest BCUT2D eigenvalue weighted by molar-refractivity contribution is 7.31. The van der Waals surface area contributed by atoms with Gasteiger partial charge in [0.15, 0.2) is 0 Å². The maximum Gasteiger partial charge on any atom is 0.344 e. The molecule has 1 heterocycles. The largest absolute Gasteiger partial charge is 0.493 e. The number of carbonyl (C=O) groups excluding carboxylic acids is 1. The first-order valence-electron chi connectivity index (χ1n) is 11.0. The van der Waals surface area contributed by atoms with Crippen LogP contribution in [0.4, 0.5) is 5.69 Å². The minimum atomic E-state index is -3.25. The van der Waals surface area contributed by atoms with Crippen LogP contribution in [0.2, 0.25) is 0 Å². The number of hydrogen-bond acceptors (Lipinski definition) is 7. The first kappa shape index (κ1) is 26.1. The lowest BCUT2D eigenvalue weighted by Gasteiger charge is -2.15. The second kappa shape index (κ2) is 14.0. The fraction of sp³-hybridized carbons (Fsp3) is 0.292. The second-order valence-corrected chi connectivity index (χ2v) is 9.21. The molecule has 0 saturated carbocycles. The monoisotopic (exact) mass is 504 g/mol. The highest BCUT2D eigenvalue weighted by Gasteiger charge is 2.16. The second-order valence-electron chi connectivity index (χ2n) is 7.56. The van der Waals surface area contributed by atoms with Gasteiger partial charge in [0.05, 0.1) is 6.61 Å². The SMILES string of the molecule is N[C@@H](COO[PH](=O)O)C(=O)Nc1ccc(OCCCCCc2ccccc2)c(-c2cccs2)c1. The van der Waals surface area contributed by atoms with Crippen LogP contribution in [0, 0.1) is 0 Å². The summed E-state index contributed by atoms with van der Waals surface area (Å²) >= 11 is 1.58. The maximum absolute atomic E-state index is 12.3. The molecule has 2 atom stereocenters. The molecule has 8 nitrogen and oxygen atoms in total. The van der Waals surface area contributed by atoms with Gasteiger partial charge in [0.1, 0.15) is 18.4 Å². The first-order chi connectivity index (χ1) is 16.5. The standard InChI is InChI=1S/C24H29N2O6PS/c25-21(17-31-32-33(28)29)24(27)26-19-12-13-22(20(16-19)23-11-7-15-34-23)30-14-6-2-5-10-18-8-3-1-4-9-18/h1,3-4,7-9,11-13,15-16,21,33H,2,5-6,10,14,17,25H2,(H,26,27)(H,28,29)/t21-/m0/s1. The molecule has 0 radical (unpaired) electrons. The number of unbranched alkanes of at least 4 members (excludes halogenated alkanes) is 2. The van der Waals surface area contributed by atoms with Gasteiger partial charge in [-0.1, -0.05) is 36.4 Å². The van der Waals surface area contributed by atoms with Crippen molar-refractivity contribution in [2.75, 3.05) is 18.5 Å². The summed E-state index contributed by atoms with van der Waals surface area (Å²) in [4.78, 5) is 26.4. The van der Waals surface area contributed by atoms with Crippen LogP contribution in [-0.2, 0) is 25.3 Å². The number of nitrogens with one attached hydrogen (secondary N) is 1. The van der Waals surface area contributed by atoms with Gasteiger partial charge in [-0.25, -0.2) is 4.89 Å². The van der Waals surface area contributed by atoms with E-state index in [4.69, 9.17) is 15.4 Å². The molecule has 0 aliphatic heterocycles. The van der Waals surface area contributed by atoms with Crippen molar-refractivity contribution < 1.29 is 28.6 Å². The third-order valence-corrected chi connectivity index (χ3v) is 6.12. The van der Waals surface area contributed by atoms with E-state index in [0.29, 0.717) is 12.3 Å². The predicted molar refractivity (Wildman–Crippen MR) is 134 cm³/mol. The zero-order chi connectivity index (χ0) is 24.2. The molecule has 4 N–H and O–H groups in total. The number of nitrogens with two attached hydrogens (primary N) is 1. The molecular weight excluding hydrogens is 475 g/mol. The Bertz CT molecular complexity index is 1050. The van der Waals surface area contributed by atoms with Crippen molar-refractivity contribution >= 4 is 31.2 Å². The van der Waals surface area contributed by atoms with Crippen LogP contribution in [-0.4, -0.2) is 30.1 Å². The van der Waals surface area contributed by atoms with E-state index in [-0.39, 0.29) is 6.61 Å². The van der Waals surface area contributed by atoms with Crippen molar-refractivity contribution in [2.45, 2.75) is 31.7 Å². The third kappa shape index (κ3) is 8.68. The normalized spacial score (nSPS) is 12.8. The van der Waals surface area contributed by atoms with Crippen LogP contribution in [0.25, 0.3) is 10.4 Å². The van der Waals surface area contributed by atoms with Crippen LogP contribution in [0.15, 0.2) is 66.0 Å². The molecule has 10 heteroatoms. The van der Waals surface area contributed by atoms with Gasteiger partial charge in [-0.05, 0) is 60.9 Å². The fourth-order valence-electron chi connectivity index (χ4n) is 3.26. The number of carbonyl (C=O) groups is 1. The van der Waals surface area contributed by atoms with E-state index < -0.39 is 20.2 Å². The summed E-state index contributed by atoms with van der Waals surface area (Å²) in [6.07, 6.45) is 4.20. The molecule has 34 heavy (non-hydrogen) atoms. The topological polar surface area (TPSA) is 120 Å². The summed E-state index contributed by atoms with van der Waals surface area (Å²) < 4.78 is 20.7. The summed E-state index contributed by atoms with van der Waals surface area (Å²) in [6, 6.07) is 18.7. The van der Waals surface area contributed by atoms with Crippen molar-refractivity contribution in [1.29, 1.82) is 0 Å². The maximum atomic E-state index is 12.3. The van der Waals surface area contributed by atoms with Crippen LogP contribution < -0.4 is 15.8 Å². The number of aryl methyl sites for hydroxylation is 1. The molecule has 1 amide bonds. The van der Waals surface area contributed by atoms with E-state index in [0.717, 1.165) is 41.9 Å². The molecule has 1 unspecified atom stereocenters. The highest BCUT2D eigenvalue weighted by Crippen LogP contribution is 2.35. The molecule has 0 spiro atoms. The molecule has 0 saturated heterocycles. The summed E-state index contributed by atoms with van der Waals surface area (Å²) in [6.45, 7) is 0.251. The summed E-state index contributed by atoms with van der Waals surface area (Å²) in [5.74, 6) is 0.239. The van der Waals surface area contributed by atoms with E-state index in [1.807, 2.05) is 35.7 Å². The summed E-state index contributed by atoms with van der Waals surface area (Å²) in [7, 11) is -3.25. The molecule has 0 fully saturated rings. The number of rotatable bonds is 14. The molecule has 3 rings (SSSR count). The van der Waals surface area contributed by atoms with Gasteiger partial charge in [-0.3, -0.25) is 9.36 Å². The summed E-state index contributed by atoms with van der Waals surface area (Å²) in [5, 5.41) is 4.71. The average molecular weight is 505 g/mol. The number of anilines is 1. The Labute approximate surface area is 203 Å². The lowest BCUT2D eigenvalue weighted by molar-refractivity contribution is -0.210. The van der Waals surface area contributed by atoms with E-state index in [9.17, 15) is 9.36 Å². The zero-order valence-corrected chi connectivity index (χ0v) is 20.5. The first-order valence-corrected chi connectivity index (χ1v) is 13.1. The number of amides is 1. The van der Waals surface area contributed by atoms with Crippen LogP contribution >= 0.6 is 19.6 Å². The van der Waals surface area contributed by atoms with E-state index in [1.165, 1.54) is 5.56 Å². The van der Waals surface area contributed by atoms with Crippen molar-refractivity contribution in [3.63, 3.8) is 0 Å². The lowest BCUT2D eigenvalue weighted by atomic mass is 10.1. The molecular formula is C24H29N2O6PS. The molecule has 0 aliphatic rings. The van der Waals surface area contributed by atoms with Gasteiger partial charge < -0.3 is 20.7 Å². The minimum absolute atomic E-state index is 0.355. The Hall–Kier alpha value is -2.52. The molecule has 3 aromatic rings. The zero-order valence-electron chi connectivity index (χ0n) is 18.6. The quantitative estimate of drug-likeness (QED) is 0.125. The molecule has 182 valence electrons. The van der Waals surface area contributed by atoms with Crippen molar-refractivity contribution in [1.82, 2.24) is 0 Å². The molecule has 1 aromatic heterocycles. The number of thiophene rings is 1. The highest BCUT2D eigenvalue weighted by atomic mass is 32.1. The Morgan fingerprint density at radius 1 is 1.09 bits per heavy atom. The fourth-order valence-corrected chi connectivity index (χ4v) is 4.18. The van der Waals surface area contributed by atoms with E-state index in [2.05, 4.69) is 39.1 Å². The van der Waals surface area contributed by atoms with Gasteiger partial charge in [0.25, 0.3) is 0 Å². The number of benzene rings is 2. The molecule has 0 aliphatic carbocycles. The Morgan fingerprint density at radius 3 is 2.65 bits per heavy atom. The van der Waals surface area contributed by atoms with Crippen LogP contribution in [0.5, 0.6) is 5.75 Å². The van der Waals surface area contributed by atoms with E-state index >= 15 is 0 Å². The van der Waals surface area contributed by atoms with Gasteiger partial charge in [0.2, 0.25) is 5.91 Å². The predicted octanol–water partition coefficient (Wildman–Crippen LogP) is 4.80. The van der Waals surface area contributed by atoms with Gasteiger partial charge in [-0.15, -0.1) is 11.3 Å². The van der Waals surface area contributed by atoms with Crippen molar-refractivity contribution in [3.05, 3.63) is 71.6 Å². The van der Waals surface area contributed by atoms with Crippen LogP contribution in [0.3, 0.4) is 0 Å². The molecule has 2 aromatic carbocycles. The van der Waals surface area contributed by atoms with Crippen molar-refractivity contribution in [2.24, 2.45) is 5.73 Å². The Kier molecular flexibility index (Phi) is 10.8. The number of ether oxygens (including phenoxy) is 1. The van der Waals surface area contributed by atoms with Crippen molar-refractivity contribution in [3.8, 4) is 16.2 Å². The van der Waals surface area contributed by atoms with Crippen LogP contribution in [0.1, 0.15) is 24.8 Å². The third-order valence-electron chi connectivity index (χ3n) is 4.96.